The Kier molecular flexibility index (Phi) is 6.50. The highest BCUT2D eigenvalue weighted by atomic mass is 32.2. The molecule has 1 heterocycles. The van der Waals surface area contributed by atoms with E-state index in [0.717, 1.165) is 11.1 Å². The second-order valence-corrected chi connectivity index (χ2v) is 7.25. The number of hydrogen-bond acceptors (Lipinski definition) is 6. The first-order valence-electron chi connectivity index (χ1n) is 9.04. The van der Waals surface area contributed by atoms with E-state index in [1.165, 1.54) is 24.8 Å². The van der Waals surface area contributed by atoms with Gasteiger partial charge in [-0.15, -0.1) is 11.8 Å². The molecule has 0 saturated carbocycles. The molecule has 0 unspecified atom stereocenters. The van der Waals surface area contributed by atoms with E-state index < -0.39 is 5.97 Å². The van der Waals surface area contributed by atoms with Crippen LogP contribution in [0.15, 0.2) is 59.1 Å². The second kappa shape index (κ2) is 9.25. The van der Waals surface area contributed by atoms with Crippen molar-refractivity contribution >= 4 is 23.8 Å². The molecule has 0 radical (unpaired) electrons. The fraction of sp³-hybridized carbons (Fsp3) is 0.130. The number of carboxylic acids is 1. The van der Waals surface area contributed by atoms with Crippen molar-refractivity contribution in [3.63, 3.8) is 0 Å². The van der Waals surface area contributed by atoms with Crippen molar-refractivity contribution in [2.75, 3.05) is 6.26 Å². The summed E-state index contributed by atoms with van der Waals surface area (Å²) in [5.41, 5.74) is 3.03. The van der Waals surface area contributed by atoms with Crippen molar-refractivity contribution in [1.82, 2.24) is 9.97 Å². The van der Waals surface area contributed by atoms with Crippen molar-refractivity contribution in [1.29, 1.82) is 5.26 Å². The van der Waals surface area contributed by atoms with Crippen LogP contribution in [0.25, 0.3) is 17.2 Å². The van der Waals surface area contributed by atoms with Gasteiger partial charge < -0.3 is 9.84 Å². The smallest absolute Gasteiger partial charge is 0.331 e. The summed E-state index contributed by atoms with van der Waals surface area (Å²) in [5, 5.41) is 19.0. The minimum Gasteiger partial charge on any atom is -0.478 e. The molecule has 0 bridgehead atoms. The van der Waals surface area contributed by atoms with Crippen LogP contribution < -0.4 is 4.74 Å². The lowest BCUT2D eigenvalue weighted by molar-refractivity contribution is -0.132. The summed E-state index contributed by atoms with van der Waals surface area (Å²) in [4.78, 5) is 20.1. The summed E-state index contributed by atoms with van der Waals surface area (Å²) in [6, 6.07) is 16.9. The Balaban J connectivity index is 2.04. The van der Waals surface area contributed by atoms with Gasteiger partial charge in [-0.25, -0.2) is 9.78 Å². The van der Waals surface area contributed by atoms with Gasteiger partial charge in [0.15, 0.2) is 0 Å². The molecule has 1 N–H and O–H groups in total. The molecule has 0 aliphatic rings. The predicted molar refractivity (Wildman–Crippen MR) is 117 cm³/mol. The molecule has 0 atom stereocenters. The van der Waals surface area contributed by atoms with Gasteiger partial charge in [0.1, 0.15) is 16.6 Å². The number of benzene rings is 2. The van der Waals surface area contributed by atoms with Gasteiger partial charge in [0.05, 0.1) is 17.2 Å². The molecule has 6 nitrogen and oxygen atoms in total. The van der Waals surface area contributed by atoms with E-state index in [-0.39, 0.29) is 11.5 Å². The van der Waals surface area contributed by atoms with Gasteiger partial charge in [-0.1, -0.05) is 24.3 Å². The maximum absolute atomic E-state index is 11.3. The highest BCUT2D eigenvalue weighted by molar-refractivity contribution is 7.98. The maximum atomic E-state index is 11.3. The Labute approximate surface area is 178 Å². The molecule has 1 aromatic heterocycles. The summed E-state index contributed by atoms with van der Waals surface area (Å²) >= 11 is 1.39. The zero-order valence-electron chi connectivity index (χ0n) is 16.7. The average molecular weight is 417 g/mol. The third-order valence-electron chi connectivity index (χ3n) is 4.25. The molecule has 0 aliphatic heterocycles. The first-order valence-corrected chi connectivity index (χ1v) is 10.3. The molecule has 0 amide bonds. The monoisotopic (exact) mass is 417 g/mol. The van der Waals surface area contributed by atoms with Crippen LogP contribution in [0.4, 0.5) is 0 Å². The van der Waals surface area contributed by atoms with E-state index in [1.54, 1.807) is 19.1 Å². The summed E-state index contributed by atoms with van der Waals surface area (Å²) in [6.07, 6.45) is 3.38. The van der Waals surface area contributed by atoms with Crippen LogP contribution in [0.5, 0.6) is 11.6 Å². The molecule has 3 rings (SSSR count). The average Bonchev–Trinajstić information content (AvgIpc) is 2.75. The Bertz CT molecular complexity index is 1180. The number of nitriles is 1. The van der Waals surface area contributed by atoms with Crippen molar-refractivity contribution in [2.24, 2.45) is 0 Å². The van der Waals surface area contributed by atoms with E-state index in [1.807, 2.05) is 42.7 Å². The van der Waals surface area contributed by atoms with Crippen molar-refractivity contribution in [3.05, 3.63) is 71.1 Å². The fourth-order valence-corrected chi connectivity index (χ4v) is 3.37. The minimum absolute atomic E-state index is 0.157. The highest BCUT2D eigenvalue weighted by Crippen LogP contribution is 2.33. The number of carboxylic acid groups (broad SMARTS) is 1. The van der Waals surface area contributed by atoms with Gasteiger partial charge in [-0.3, -0.25) is 0 Å². The summed E-state index contributed by atoms with van der Waals surface area (Å²) < 4.78 is 6.07. The standard InChI is InChI=1S/C23H19N3O3S/c1-14(23(27)28)10-20-21(25-15(2)26-22(20)30-3)29-19-9-5-8-18(12-19)17-7-4-6-16(11-17)13-24/h4-12H,1-3H3,(H,27,28). The molecule has 0 spiro atoms. The lowest BCUT2D eigenvalue weighted by atomic mass is 10.0. The number of ether oxygens (including phenoxy) is 1. The first kappa shape index (κ1) is 21.1. The van der Waals surface area contributed by atoms with Gasteiger partial charge in [-0.05, 0) is 61.6 Å². The van der Waals surface area contributed by atoms with E-state index in [2.05, 4.69) is 16.0 Å². The zero-order chi connectivity index (χ0) is 21.7. The molecule has 0 saturated heterocycles. The van der Waals surface area contributed by atoms with Gasteiger partial charge in [0.25, 0.3) is 0 Å². The molecular formula is C23H19N3O3S. The lowest BCUT2D eigenvalue weighted by Gasteiger charge is -2.13. The highest BCUT2D eigenvalue weighted by Gasteiger charge is 2.15. The molecule has 30 heavy (non-hydrogen) atoms. The number of hydrogen-bond donors (Lipinski definition) is 1. The number of aliphatic carboxylic acids is 1. The number of nitrogens with zero attached hydrogens (tertiary/aromatic N) is 3. The third-order valence-corrected chi connectivity index (χ3v) is 4.95. The Hall–Kier alpha value is -3.63. The molecule has 7 heteroatoms. The largest absolute Gasteiger partial charge is 0.478 e. The van der Waals surface area contributed by atoms with Crippen LogP contribution in [0.1, 0.15) is 23.9 Å². The van der Waals surface area contributed by atoms with Crippen LogP contribution in [-0.4, -0.2) is 27.3 Å². The van der Waals surface area contributed by atoms with Gasteiger partial charge >= 0.3 is 5.97 Å². The molecule has 3 aromatic rings. The van der Waals surface area contributed by atoms with Gasteiger partial charge in [-0.2, -0.15) is 10.2 Å². The summed E-state index contributed by atoms with van der Waals surface area (Å²) in [7, 11) is 0. The normalized spacial score (nSPS) is 11.1. The Morgan fingerprint density at radius 1 is 1.17 bits per heavy atom. The van der Waals surface area contributed by atoms with E-state index >= 15 is 0 Å². The topological polar surface area (TPSA) is 96.1 Å². The van der Waals surface area contributed by atoms with Crippen molar-refractivity contribution < 1.29 is 14.6 Å². The third kappa shape index (κ3) is 4.85. The van der Waals surface area contributed by atoms with Gasteiger partial charge in [0, 0.05) is 5.57 Å². The van der Waals surface area contributed by atoms with E-state index in [4.69, 9.17) is 10.00 Å². The number of rotatable bonds is 6. The quantitative estimate of drug-likeness (QED) is 0.329. The molecule has 2 aromatic carbocycles. The van der Waals surface area contributed by atoms with Crippen molar-refractivity contribution in [2.45, 2.75) is 18.9 Å². The van der Waals surface area contributed by atoms with Gasteiger partial charge in [0.2, 0.25) is 5.88 Å². The number of aryl methyl sites for hydroxylation is 1. The Morgan fingerprint density at radius 2 is 1.87 bits per heavy atom. The van der Waals surface area contributed by atoms with E-state index in [9.17, 15) is 9.90 Å². The minimum atomic E-state index is -1.02. The number of aromatic nitrogens is 2. The van der Waals surface area contributed by atoms with Crippen LogP contribution in [0.3, 0.4) is 0 Å². The number of carbonyl (C=O) groups is 1. The molecule has 0 aliphatic carbocycles. The predicted octanol–water partition coefficient (Wildman–Crippen LogP) is 5.33. The number of thioether (sulfide) groups is 1. The second-order valence-electron chi connectivity index (χ2n) is 6.45. The first-order chi connectivity index (χ1) is 14.4. The summed E-state index contributed by atoms with van der Waals surface area (Å²) in [6.45, 7) is 3.27. The van der Waals surface area contributed by atoms with Crippen LogP contribution >= 0.6 is 11.8 Å². The molecular weight excluding hydrogens is 398 g/mol. The van der Waals surface area contributed by atoms with Crippen molar-refractivity contribution in [3.8, 4) is 28.8 Å². The Morgan fingerprint density at radius 3 is 2.53 bits per heavy atom. The van der Waals surface area contributed by atoms with Crippen LogP contribution in [-0.2, 0) is 4.79 Å². The maximum Gasteiger partial charge on any atom is 0.331 e. The summed E-state index contributed by atoms with van der Waals surface area (Å²) in [5.74, 6) is 0.336. The molecule has 0 fully saturated rings. The van der Waals surface area contributed by atoms with Crippen LogP contribution in [0.2, 0.25) is 0 Å². The SMILES string of the molecule is CSc1nc(C)nc(Oc2cccc(-c3cccc(C#N)c3)c2)c1C=C(C)C(=O)O. The molecule has 150 valence electrons. The lowest BCUT2D eigenvalue weighted by Crippen LogP contribution is -2.02. The van der Waals surface area contributed by atoms with Crippen LogP contribution in [0, 0.1) is 18.3 Å². The zero-order valence-corrected chi connectivity index (χ0v) is 17.5. The van der Waals surface area contributed by atoms with E-state index in [0.29, 0.717) is 27.7 Å². The fourth-order valence-electron chi connectivity index (χ4n) is 2.79.